The summed E-state index contributed by atoms with van der Waals surface area (Å²) in [5.41, 5.74) is 7.44. The molecule has 0 radical (unpaired) electrons. The lowest BCUT2D eigenvalue weighted by atomic mass is 10.1. The molecule has 1 saturated carbocycles. The van der Waals surface area contributed by atoms with Gasteiger partial charge < -0.3 is 5.73 Å². The molecule has 0 unspecified atom stereocenters. The maximum atomic E-state index is 13.4. The van der Waals surface area contributed by atoms with Gasteiger partial charge >= 0.3 is 0 Å². The first-order chi connectivity index (χ1) is 10.4. The second-order valence-corrected chi connectivity index (χ2v) is 7.91. The zero-order valence-corrected chi connectivity index (χ0v) is 13.1. The van der Waals surface area contributed by atoms with Crippen molar-refractivity contribution in [1.82, 2.24) is 0 Å². The zero-order valence-electron chi connectivity index (χ0n) is 12.2. The van der Waals surface area contributed by atoms with Crippen LogP contribution in [0.3, 0.4) is 0 Å². The molecular formula is C17H18FNO2S. The van der Waals surface area contributed by atoms with Gasteiger partial charge in [-0.15, -0.1) is 0 Å². The molecule has 0 spiro atoms. The van der Waals surface area contributed by atoms with E-state index < -0.39 is 15.1 Å². The van der Waals surface area contributed by atoms with Crippen molar-refractivity contribution in [3.05, 3.63) is 65.5 Å². The largest absolute Gasteiger partial charge is 0.330 e. The first kappa shape index (κ1) is 15.2. The summed E-state index contributed by atoms with van der Waals surface area (Å²) >= 11 is 0. The van der Waals surface area contributed by atoms with E-state index in [0.717, 1.165) is 5.56 Å². The van der Waals surface area contributed by atoms with Crippen LogP contribution < -0.4 is 5.73 Å². The maximum absolute atomic E-state index is 13.4. The molecule has 5 heteroatoms. The third kappa shape index (κ3) is 2.55. The van der Waals surface area contributed by atoms with E-state index in [9.17, 15) is 12.8 Å². The van der Waals surface area contributed by atoms with Crippen molar-refractivity contribution in [2.24, 2.45) is 11.7 Å². The molecule has 1 aliphatic rings. The Morgan fingerprint density at radius 2 is 1.82 bits per heavy atom. The van der Waals surface area contributed by atoms with Gasteiger partial charge in [-0.3, -0.25) is 0 Å². The summed E-state index contributed by atoms with van der Waals surface area (Å²) in [5.74, 6) is -0.744. The number of aryl methyl sites for hydroxylation is 1. The van der Waals surface area contributed by atoms with Gasteiger partial charge in [-0.1, -0.05) is 29.8 Å². The Balaban J connectivity index is 1.95. The van der Waals surface area contributed by atoms with Crippen molar-refractivity contribution < 1.29 is 12.8 Å². The lowest BCUT2D eigenvalue weighted by Gasteiger charge is -2.05. The highest BCUT2D eigenvalue weighted by atomic mass is 32.2. The fourth-order valence-electron chi connectivity index (χ4n) is 3.08. The van der Waals surface area contributed by atoms with Crippen molar-refractivity contribution in [3.63, 3.8) is 0 Å². The fourth-order valence-corrected chi connectivity index (χ4v) is 5.31. The van der Waals surface area contributed by atoms with Crippen molar-refractivity contribution in [1.29, 1.82) is 0 Å². The van der Waals surface area contributed by atoms with Crippen LogP contribution in [-0.4, -0.2) is 20.2 Å². The van der Waals surface area contributed by atoms with Gasteiger partial charge in [-0.25, -0.2) is 12.8 Å². The molecule has 3 nitrogen and oxygen atoms in total. The minimum atomic E-state index is -3.46. The Labute approximate surface area is 129 Å². The molecule has 0 bridgehead atoms. The molecule has 0 amide bonds. The van der Waals surface area contributed by atoms with Crippen LogP contribution in [0.15, 0.2) is 53.4 Å². The summed E-state index contributed by atoms with van der Waals surface area (Å²) in [6.45, 7) is 2.18. The van der Waals surface area contributed by atoms with E-state index in [2.05, 4.69) is 0 Å². The molecule has 22 heavy (non-hydrogen) atoms. The van der Waals surface area contributed by atoms with Crippen LogP contribution in [0.5, 0.6) is 0 Å². The number of benzene rings is 2. The van der Waals surface area contributed by atoms with Gasteiger partial charge in [0.1, 0.15) is 5.82 Å². The number of nitrogens with two attached hydrogens (primary N) is 1. The second kappa shape index (κ2) is 5.48. The van der Waals surface area contributed by atoms with Gasteiger partial charge in [0.25, 0.3) is 0 Å². The van der Waals surface area contributed by atoms with E-state index in [0.29, 0.717) is 10.5 Å². The smallest absolute Gasteiger partial charge is 0.182 e. The monoisotopic (exact) mass is 319 g/mol. The van der Waals surface area contributed by atoms with Crippen molar-refractivity contribution in [2.75, 3.05) is 6.54 Å². The summed E-state index contributed by atoms with van der Waals surface area (Å²) in [6, 6.07) is 12.9. The average Bonchev–Trinajstić information content (AvgIpc) is 3.23. The molecular weight excluding hydrogens is 301 g/mol. The van der Waals surface area contributed by atoms with E-state index in [1.807, 2.05) is 6.92 Å². The predicted octanol–water partition coefficient (Wildman–Crippen LogP) is 2.65. The Kier molecular flexibility index (Phi) is 3.78. The van der Waals surface area contributed by atoms with E-state index in [1.54, 1.807) is 36.4 Å². The highest BCUT2D eigenvalue weighted by Gasteiger charge is 2.58. The van der Waals surface area contributed by atoms with Gasteiger partial charge in [0.05, 0.1) is 10.1 Å². The molecule has 0 saturated heterocycles. The predicted molar refractivity (Wildman–Crippen MR) is 83.8 cm³/mol. The summed E-state index contributed by atoms with van der Waals surface area (Å²) in [4.78, 5) is 0.306. The normalized spacial score (nSPS) is 24.2. The van der Waals surface area contributed by atoms with E-state index in [-0.39, 0.29) is 24.2 Å². The molecule has 2 aromatic carbocycles. The summed E-state index contributed by atoms with van der Waals surface area (Å²) in [7, 11) is -3.46. The Hall–Kier alpha value is -1.72. The molecule has 116 valence electrons. The van der Waals surface area contributed by atoms with E-state index in [4.69, 9.17) is 5.73 Å². The lowest BCUT2D eigenvalue weighted by Crippen LogP contribution is -2.13. The van der Waals surface area contributed by atoms with Gasteiger partial charge in [0.15, 0.2) is 9.84 Å². The van der Waals surface area contributed by atoms with Gasteiger partial charge in [-0.2, -0.15) is 0 Å². The molecule has 2 N–H and O–H groups in total. The summed E-state index contributed by atoms with van der Waals surface area (Å²) in [6.07, 6.45) is 0. The molecule has 2 aromatic rings. The van der Waals surface area contributed by atoms with Crippen molar-refractivity contribution in [3.8, 4) is 0 Å². The number of rotatable bonds is 4. The molecule has 3 rings (SSSR count). The standard InChI is InChI=1S/C17H18FNO2S/c1-11-5-7-14(8-6-11)22(20,21)17-15(10-19)16(17)12-3-2-4-13(18)9-12/h2-9,15-17H,10,19H2,1H3/t15-,16+,17-/m1/s1. The molecule has 1 aliphatic carbocycles. The molecule has 0 aromatic heterocycles. The molecule has 0 aliphatic heterocycles. The number of halogens is 1. The highest BCUT2D eigenvalue weighted by Crippen LogP contribution is 2.53. The van der Waals surface area contributed by atoms with Crippen molar-refractivity contribution >= 4 is 9.84 Å². The van der Waals surface area contributed by atoms with Crippen molar-refractivity contribution in [2.45, 2.75) is 23.0 Å². The average molecular weight is 319 g/mol. The first-order valence-electron chi connectivity index (χ1n) is 7.21. The van der Waals surface area contributed by atoms with Crippen LogP contribution in [0.2, 0.25) is 0 Å². The van der Waals surface area contributed by atoms with Gasteiger partial charge in [0.2, 0.25) is 0 Å². The summed E-state index contributed by atoms with van der Waals surface area (Å²) < 4.78 is 39.0. The first-order valence-corrected chi connectivity index (χ1v) is 8.76. The third-order valence-electron chi connectivity index (χ3n) is 4.31. The van der Waals surface area contributed by atoms with Crippen LogP contribution in [0, 0.1) is 18.7 Å². The quantitative estimate of drug-likeness (QED) is 0.942. The van der Waals surface area contributed by atoms with Crippen LogP contribution >= 0.6 is 0 Å². The van der Waals surface area contributed by atoms with Crippen LogP contribution in [0.4, 0.5) is 4.39 Å². The minimum absolute atomic E-state index is 0.159. The van der Waals surface area contributed by atoms with Gasteiger partial charge in [0, 0.05) is 5.92 Å². The second-order valence-electron chi connectivity index (χ2n) is 5.80. The van der Waals surface area contributed by atoms with Crippen LogP contribution in [0.25, 0.3) is 0 Å². The minimum Gasteiger partial charge on any atom is -0.330 e. The maximum Gasteiger partial charge on any atom is 0.182 e. The highest BCUT2D eigenvalue weighted by molar-refractivity contribution is 7.92. The van der Waals surface area contributed by atoms with E-state index in [1.165, 1.54) is 12.1 Å². The lowest BCUT2D eigenvalue weighted by molar-refractivity contribution is 0.591. The fraction of sp³-hybridized carbons (Fsp3) is 0.294. The van der Waals surface area contributed by atoms with Gasteiger partial charge in [-0.05, 0) is 49.2 Å². The zero-order chi connectivity index (χ0) is 15.9. The topological polar surface area (TPSA) is 60.2 Å². The summed E-state index contributed by atoms with van der Waals surface area (Å²) in [5, 5.41) is -0.568. The van der Waals surface area contributed by atoms with E-state index >= 15 is 0 Å². The Morgan fingerprint density at radius 1 is 1.14 bits per heavy atom. The van der Waals surface area contributed by atoms with Crippen LogP contribution in [0.1, 0.15) is 17.0 Å². The SMILES string of the molecule is Cc1ccc(S(=O)(=O)[C@@H]2[C@H](CN)[C@@H]2c2cccc(F)c2)cc1. The number of hydrogen-bond donors (Lipinski definition) is 1. The third-order valence-corrected chi connectivity index (χ3v) is 6.60. The Morgan fingerprint density at radius 3 is 2.41 bits per heavy atom. The van der Waals surface area contributed by atoms with Crippen LogP contribution in [-0.2, 0) is 9.84 Å². The Bertz CT molecular complexity index is 787. The number of sulfone groups is 1. The molecule has 1 fully saturated rings. The molecule has 0 heterocycles. The molecule has 3 atom stereocenters. The number of hydrogen-bond acceptors (Lipinski definition) is 3.